The van der Waals surface area contributed by atoms with Crippen LogP contribution in [0.5, 0.6) is 0 Å². The lowest BCUT2D eigenvalue weighted by molar-refractivity contribution is -0.313. The first-order valence-corrected chi connectivity index (χ1v) is 8.74. The zero-order chi connectivity index (χ0) is 15.5. The van der Waals surface area contributed by atoms with E-state index in [4.69, 9.17) is 0 Å². The average Bonchev–Trinajstić information content (AvgIpc) is 3.17. The minimum absolute atomic E-state index is 0.303. The monoisotopic (exact) mass is 336 g/mol. The highest BCUT2D eigenvalue weighted by atomic mass is 32.1. The second kappa shape index (κ2) is 6.53. The van der Waals surface area contributed by atoms with Crippen LogP contribution in [0, 0.1) is 11.8 Å². The van der Waals surface area contributed by atoms with Crippen LogP contribution in [0.2, 0.25) is 0 Å². The molecule has 8 heteroatoms. The predicted octanol–water partition coefficient (Wildman–Crippen LogP) is 1.76. The zero-order valence-electron chi connectivity index (χ0n) is 11.7. The highest BCUT2D eigenvalue weighted by Gasteiger charge is 2.32. The summed E-state index contributed by atoms with van der Waals surface area (Å²) in [5.41, 5.74) is 0. The summed E-state index contributed by atoms with van der Waals surface area (Å²) in [7, 11) is 0. The molecule has 0 spiro atoms. The lowest BCUT2D eigenvalue weighted by Gasteiger charge is -2.30. The van der Waals surface area contributed by atoms with Gasteiger partial charge in [-0.05, 0) is 24.3 Å². The minimum Gasteiger partial charge on any atom is -0.550 e. The summed E-state index contributed by atoms with van der Waals surface area (Å²) in [5, 5.41) is 25.0. The lowest BCUT2D eigenvalue weighted by Crippen LogP contribution is -2.42. The number of thiophene rings is 1. The van der Waals surface area contributed by atoms with Crippen LogP contribution in [-0.4, -0.2) is 22.1 Å². The van der Waals surface area contributed by atoms with Crippen molar-refractivity contribution in [1.29, 1.82) is 0 Å². The summed E-state index contributed by atoms with van der Waals surface area (Å²) in [6, 6.07) is 3.86. The minimum atomic E-state index is -1.14. The number of carbonyl (C=O) groups excluding carboxylic acids is 2. The Balaban J connectivity index is 1.70. The Morgan fingerprint density at radius 3 is 2.68 bits per heavy atom. The second-order valence-corrected chi connectivity index (χ2v) is 7.12. The molecule has 0 aromatic carbocycles. The SMILES string of the molecule is O=C(Nc1nnc(-c2cccs2)s1)[C@H]1CCCC[C@H]1C(=O)[O-]. The maximum Gasteiger partial charge on any atom is 0.229 e. The quantitative estimate of drug-likeness (QED) is 0.918. The molecule has 2 atom stereocenters. The summed E-state index contributed by atoms with van der Waals surface area (Å²) in [4.78, 5) is 24.5. The first-order valence-electron chi connectivity index (χ1n) is 7.04. The van der Waals surface area contributed by atoms with Crippen LogP contribution < -0.4 is 10.4 Å². The van der Waals surface area contributed by atoms with Crippen LogP contribution in [0.4, 0.5) is 5.13 Å². The van der Waals surface area contributed by atoms with Crippen molar-refractivity contribution in [3.63, 3.8) is 0 Å². The van der Waals surface area contributed by atoms with Crippen molar-refractivity contribution in [2.45, 2.75) is 25.7 Å². The Morgan fingerprint density at radius 1 is 1.23 bits per heavy atom. The maximum atomic E-state index is 12.3. The molecule has 1 aliphatic carbocycles. The van der Waals surface area contributed by atoms with Gasteiger partial charge in [-0.2, -0.15) is 0 Å². The van der Waals surface area contributed by atoms with Crippen molar-refractivity contribution in [3.8, 4) is 9.88 Å². The highest BCUT2D eigenvalue weighted by molar-refractivity contribution is 7.23. The summed E-state index contributed by atoms with van der Waals surface area (Å²) in [6.07, 6.45) is 2.75. The van der Waals surface area contributed by atoms with Gasteiger partial charge in [-0.3, -0.25) is 4.79 Å². The third-order valence-electron chi connectivity index (χ3n) is 3.79. The van der Waals surface area contributed by atoms with Gasteiger partial charge in [-0.15, -0.1) is 21.5 Å². The van der Waals surface area contributed by atoms with Gasteiger partial charge in [0, 0.05) is 17.8 Å². The Bertz CT molecular complexity index is 669. The second-order valence-electron chi connectivity index (χ2n) is 5.20. The first-order chi connectivity index (χ1) is 10.6. The molecule has 1 saturated carbocycles. The molecule has 1 N–H and O–H groups in total. The predicted molar refractivity (Wildman–Crippen MR) is 82.3 cm³/mol. The lowest BCUT2D eigenvalue weighted by atomic mass is 9.79. The fourth-order valence-corrected chi connectivity index (χ4v) is 4.24. The van der Waals surface area contributed by atoms with Crippen molar-refractivity contribution in [3.05, 3.63) is 17.5 Å². The number of carboxylic acid groups (broad SMARTS) is 1. The summed E-state index contributed by atoms with van der Waals surface area (Å²) in [6.45, 7) is 0. The van der Waals surface area contributed by atoms with Gasteiger partial charge in [-0.1, -0.05) is 30.2 Å². The van der Waals surface area contributed by atoms with Crippen molar-refractivity contribution >= 4 is 39.7 Å². The molecular weight excluding hydrogens is 322 g/mol. The first kappa shape index (κ1) is 15.1. The molecular formula is C14H14N3O3S2-. The molecule has 3 rings (SSSR count). The summed E-state index contributed by atoms with van der Waals surface area (Å²) >= 11 is 2.84. The average molecular weight is 336 g/mol. The van der Waals surface area contributed by atoms with E-state index in [-0.39, 0.29) is 5.91 Å². The molecule has 6 nitrogen and oxygen atoms in total. The van der Waals surface area contributed by atoms with E-state index in [2.05, 4.69) is 15.5 Å². The molecule has 0 radical (unpaired) electrons. The molecule has 0 aliphatic heterocycles. The number of anilines is 1. The number of nitrogens with one attached hydrogen (secondary N) is 1. The molecule has 1 aliphatic rings. The highest BCUT2D eigenvalue weighted by Crippen LogP contribution is 2.33. The number of nitrogens with zero attached hydrogens (tertiary/aromatic N) is 2. The molecule has 1 fully saturated rings. The van der Waals surface area contributed by atoms with Gasteiger partial charge < -0.3 is 15.2 Å². The van der Waals surface area contributed by atoms with Gasteiger partial charge in [-0.25, -0.2) is 0 Å². The summed E-state index contributed by atoms with van der Waals surface area (Å²) < 4.78 is 0. The van der Waals surface area contributed by atoms with Crippen molar-refractivity contribution in [1.82, 2.24) is 10.2 Å². The van der Waals surface area contributed by atoms with Crippen LogP contribution in [0.15, 0.2) is 17.5 Å². The van der Waals surface area contributed by atoms with E-state index in [1.54, 1.807) is 11.3 Å². The van der Waals surface area contributed by atoms with E-state index in [9.17, 15) is 14.7 Å². The molecule has 2 heterocycles. The van der Waals surface area contributed by atoms with Crippen LogP contribution in [0.1, 0.15) is 25.7 Å². The van der Waals surface area contributed by atoms with Gasteiger partial charge in [0.2, 0.25) is 11.0 Å². The molecule has 2 aromatic heterocycles. The largest absolute Gasteiger partial charge is 0.550 e. The van der Waals surface area contributed by atoms with Gasteiger partial charge in [0.1, 0.15) is 0 Å². The van der Waals surface area contributed by atoms with Gasteiger partial charge in [0.25, 0.3) is 0 Å². The van der Waals surface area contributed by atoms with E-state index >= 15 is 0 Å². The topological polar surface area (TPSA) is 95.0 Å². The van der Waals surface area contributed by atoms with Crippen molar-refractivity contribution < 1.29 is 14.7 Å². The van der Waals surface area contributed by atoms with Crippen molar-refractivity contribution in [2.75, 3.05) is 5.32 Å². The molecule has 0 saturated heterocycles. The van der Waals surface area contributed by atoms with Gasteiger partial charge in [0.05, 0.1) is 4.88 Å². The number of aromatic nitrogens is 2. The van der Waals surface area contributed by atoms with E-state index in [0.29, 0.717) is 18.0 Å². The fraction of sp³-hybridized carbons (Fsp3) is 0.429. The van der Waals surface area contributed by atoms with Crippen LogP contribution >= 0.6 is 22.7 Å². The Kier molecular flexibility index (Phi) is 4.49. The number of amides is 1. The number of hydrogen-bond donors (Lipinski definition) is 1. The van der Waals surface area contributed by atoms with E-state index in [1.165, 1.54) is 11.3 Å². The number of carboxylic acids is 1. The number of aliphatic carboxylic acids is 1. The van der Waals surface area contributed by atoms with Crippen molar-refractivity contribution in [2.24, 2.45) is 11.8 Å². The standard InChI is InChI=1S/C14H15N3O3S2/c18-11(8-4-1-2-5-9(8)13(19)20)15-14-17-16-12(22-14)10-6-3-7-21-10/h3,6-9H,1-2,4-5H2,(H,19,20)(H,15,17,18)/p-1/t8-,9+/m0/s1. The molecule has 2 aromatic rings. The third-order valence-corrected chi connectivity index (χ3v) is 5.67. The zero-order valence-corrected chi connectivity index (χ0v) is 13.3. The molecule has 22 heavy (non-hydrogen) atoms. The number of rotatable bonds is 4. The normalized spacial score (nSPS) is 21.5. The third kappa shape index (κ3) is 3.17. The van der Waals surface area contributed by atoms with Crippen LogP contribution in [0.25, 0.3) is 9.88 Å². The Labute approximate surface area is 135 Å². The van der Waals surface area contributed by atoms with Gasteiger partial charge >= 0.3 is 0 Å². The molecule has 0 bridgehead atoms. The number of hydrogen-bond acceptors (Lipinski definition) is 7. The Hall–Kier alpha value is -1.80. The van der Waals surface area contributed by atoms with E-state index in [0.717, 1.165) is 22.7 Å². The summed E-state index contributed by atoms with van der Waals surface area (Å²) in [5.74, 6) is -2.70. The molecule has 116 valence electrons. The fourth-order valence-electron chi connectivity index (χ4n) is 2.70. The maximum absolute atomic E-state index is 12.3. The molecule has 1 amide bonds. The molecule has 0 unspecified atom stereocenters. The Morgan fingerprint density at radius 2 is 2.00 bits per heavy atom. The number of carbonyl (C=O) groups is 2. The van der Waals surface area contributed by atoms with E-state index in [1.807, 2.05) is 17.5 Å². The van der Waals surface area contributed by atoms with Crippen LogP contribution in [0.3, 0.4) is 0 Å². The van der Waals surface area contributed by atoms with Crippen LogP contribution in [-0.2, 0) is 9.59 Å². The van der Waals surface area contributed by atoms with E-state index < -0.39 is 17.8 Å². The smallest absolute Gasteiger partial charge is 0.229 e. The van der Waals surface area contributed by atoms with Gasteiger partial charge in [0.15, 0.2) is 5.01 Å².